The molecule has 1 aliphatic rings. The molecule has 1 heterocycles. The number of rotatable bonds is 3. The molecule has 1 saturated carbocycles. The molecule has 1 fully saturated rings. The largest absolute Gasteiger partial charge is 0.383 e. The third-order valence-electron chi connectivity index (χ3n) is 3.71. The number of nitrogens with zero attached hydrogens (tertiary/aromatic N) is 3. The highest BCUT2D eigenvalue weighted by molar-refractivity contribution is 5.10. The fourth-order valence-corrected chi connectivity index (χ4v) is 3.29. The van der Waals surface area contributed by atoms with Crippen LogP contribution in [-0.2, 0) is 12.1 Å². The number of aliphatic hydroxyl groups is 1. The van der Waals surface area contributed by atoms with Crippen molar-refractivity contribution in [2.75, 3.05) is 0 Å². The molecule has 2 rings (SSSR count). The van der Waals surface area contributed by atoms with Crippen LogP contribution in [0.4, 0.5) is 0 Å². The Balaban J connectivity index is 2.26. The molecule has 0 spiro atoms. The van der Waals surface area contributed by atoms with Crippen molar-refractivity contribution in [3.8, 4) is 0 Å². The molecule has 96 valence electrons. The maximum atomic E-state index is 10.9. The summed E-state index contributed by atoms with van der Waals surface area (Å²) in [6.45, 7) is 7.38. The summed E-state index contributed by atoms with van der Waals surface area (Å²) in [4.78, 5) is 0. The molecule has 0 amide bonds. The molecule has 1 aromatic heterocycles. The zero-order valence-corrected chi connectivity index (χ0v) is 11.1. The Kier molecular flexibility index (Phi) is 3.52. The van der Waals surface area contributed by atoms with Crippen LogP contribution in [0.3, 0.4) is 0 Å². The van der Waals surface area contributed by atoms with E-state index in [9.17, 15) is 5.11 Å². The van der Waals surface area contributed by atoms with E-state index in [0.29, 0.717) is 11.8 Å². The first-order chi connectivity index (χ1) is 8.05. The van der Waals surface area contributed by atoms with E-state index in [-0.39, 0.29) is 0 Å². The highest BCUT2D eigenvalue weighted by Crippen LogP contribution is 2.42. The molecule has 0 saturated heterocycles. The van der Waals surface area contributed by atoms with E-state index in [1.165, 1.54) is 6.42 Å². The lowest BCUT2D eigenvalue weighted by molar-refractivity contribution is -0.0432. The Morgan fingerprint density at radius 3 is 2.65 bits per heavy atom. The molecule has 2 atom stereocenters. The minimum Gasteiger partial charge on any atom is -0.383 e. The molecule has 17 heavy (non-hydrogen) atoms. The first-order valence-corrected chi connectivity index (χ1v) is 6.66. The molecule has 1 aromatic rings. The van der Waals surface area contributed by atoms with Crippen molar-refractivity contribution in [3.05, 3.63) is 11.9 Å². The fourth-order valence-electron chi connectivity index (χ4n) is 3.29. The van der Waals surface area contributed by atoms with Crippen LogP contribution >= 0.6 is 0 Å². The van der Waals surface area contributed by atoms with Gasteiger partial charge < -0.3 is 5.11 Å². The van der Waals surface area contributed by atoms with Gasteiger partial charge in [-0.25, -0.2) is 4.68 Å². The van der Waals surface area contributed by atoms with Gasteiger partial charge in [-0.3, -0.25) is 0 Å². The van der Waals surface area contributed by atoms with Crippen molar-refractivity contribution >= 4 is 0 Å². The van der Waals surface area contributed by atoms with Crippen LogP contribution in [0.2, 0.25) is 0 Å². The number of aryl methyl sites for hydroxylation is 1. The highest BCUT2D eigenvalue weighted by atomic mass is 16.3. The van der Waals surface area contributed by atoms with E-state index < -0.39 is 5.60 Å². The van der Waals surface area contributed by atoms with E-state index in [1.54, 1.807) is 6.20 Å². The van der Waals surface area contributed by atoms with Crippen molar-refractivity contribution in [3.63, 3.8) is 0 Å². The molecule has 4 nitrogen and oxygen atoms in total. The van der Waals surface area contributed by atoms with E-state index >= 15 is 0 Å². The standard InChI is InChI=1S/C13H23N3O/c1-4-5-16-12(9-14-15-16)13(17)7-10(2)6-11(3)8-13/h9-11,17H,4-8H2,1-3H3. The summed E-state index contributed by atoms with van der Waals surface area (Å²) < 4.78 is 1.87. The molecule has 0 bridgehead atoms. The van der Waals surface area contributed by atoms with Gasteiger partial charge in [-0.1, -0.05) is 26.0 Å². The molecule has 2 unspecified atom stereocenters. The smallest absolute Gasteiger partial charge is 0.108 e. The van der Waals surface area contributed by atoms with E-state index in [4.69, 9.17) is 0 Å². The first kappa shape index (κ1) is 12.6. The molecule has 1 aliphatic carbocycles. The van der Waals surface area contributed by atoms with Crippen LogP contribution in [0.25, 0.3) is 0 Å². The lowest BCUT2D eigenvalue weighted by atomic mass is 9.72. The van der Waals surface area contributed by atoms with Gasteiger partial charge in [-0.2, -0.15) is 0 Å². The Morgan fingerprint density at radius 2 is 2.06 bits per heavy atom. The van der Waals surface area contributed by atoms with E-state index in [0.717, 1.165) is 31.5 Å². The fraction of sp³-hybridized carbons (Fsp3) is 0.846. The minimum atomic E-state index is -0.726. The average molecular weight is 237 g/mol. The van der Waals surface area contributed by atoms with Crippen LogP contribution in [0.5, 0.6) is 0 Å². The van der Waals surface area contributed by atoms with E-state index in [1.807, 2.05) is 4.68 Å². The van der Waals surface area contributed by atoms with Gasteiger partial charge in [-0.05, 0) is 37.5 Å². The van der Waals surface area contributed by atoms with Crippen LogP contribution in [-0.4, -0.2) is 20.1 Å². The van der Waals surface area contributed by atoms with Gasteiger partial charge in [0, 0.05) is 6.54 Å². The van der Waals surface area contributed by atoms with Crippen molar-refractivity contribution < 1.29 is 5.11 Å². The summed E-state index contributed by atoms with van der Waals surface area (Å²) in [5.74, 6) is 1.13. The summed E-state index contributed by atoms with van der Waals surface area (Å²) >= 11 is 0. The molecule has 4 heteroatoms. The second-order valence-corrected chi connectivity index (χ2v) is 5.73. The summed E-state index contributed by atoms with van der Waals surface area (Å²) in [7, 11) is 0. The third-order valence-corrected chi connectivity index (χ3v) is 3.71. The van der Waals surface area contributed by atoms with Crippen LogP contribution in [0.1, 0.15) is 52.1 Å². The normalized spacial score (nSPS) is 33.9. The van der Waals surface area contributed by atoms with Gasteiger partial charge >= 0.3 is 0 Å². The van der Waals surface area contributed by atoms with Gasteiger partial charge in [0.1, 0.15) is 5.60 Å². The number of hydrogen-bond acceptors (Lipinski definition) is 3. The Hall–Kier alpha value is -0.900. The maximum Gasteiger partial charge on any atom is 0.108 e. The van der Waals surface area contributed by atoms with Crippen molar-refractivity contribution in [1.82, 2.24) is 15.0 Å². The second-order valence-electron chi connectivity index (χ2n) is 5.73. The Labute approximate surface area is 103 Å². The van der Waals surface area contributed by atoms with Gasteiger partial charge in [-0.15, -0.1) is 5.10 Å². The Bertz CT molecular complexity index is 364. The third kappa shape index (κ3) is 2.51. The Morgan fingerprint density at radius 1 is 1.41 bits per heavy atom. The second kappa shape index (κ2) is 4.77. The topological polar surface area (TPSA) is 50.9 Å². The molecule has 0 radical (unpaired) electrons. The molecular formula is C13H23N3O. The van der Waals surface area contributed by atoms with Crippen LogP contribution in [0, 0.1) is 11.8 Å². The van der Waals surface area contributed by atoms with Crippen molar-refractivity contribution in [2.45, 2.75) is 58.6 Å². The average Bonchev–Trinajstić information content (AvgIpc) is 2.64. The quantitative estimate of drug-likeness (QED) is 0.877. The minimum absolute atomic E-state index is 0.564. The molecule has 0 aromatic carbocycles. The highest BCUT2D eigenvalue weighted by Gasteiger charge is 2.40. The molecule has 1 N–H and O–H groups in total. The van der Waals surface area contributed by atoms with Gasteiger partial charge in [0.2, 0.25) is 0 Å². The predicted octanol–water partition coefficient (Wildman–Crippen LogP) is 2.33. The maximum absolute atomic E-state index is 10.9. The molecule has 0 aliphatic heterocycles. The summed E-state index contributed by atoms with van der Waals surface area (Å²) in [5, 5.41) is 18.9. The zero-order chi connectivity index (χ0) is 12.5. The summed E-state index contributed by atoms with van der Waals surface area (Å²) in [6, 6.07) is 0. The van der Waals surface area contributed by atoms with Crippen LogP contribution in [0.15, 0.2) is 6.20 Å². The number of hydrogen-bond donors (Lipinski definition) is 1. The van der Waals surface area contributed by atoms with Gasteiger partial charge in [0.05, 0.1) is 11.9 Å². The SMILES string of the molecule is CCCn1nncc1C1(O)CC(C)CC(C)C1. The predicted molar refractivity (Wildman–Crippen MR) is 66.4 cm³/mol. The van der Waals surface area contributed by atoms with Crippen molar-refractivity contribution in [1.29, 1.82) is 0 Å². The van der Waals surface area contributed by atoms with Gasteiger partial charge in [0.25, 0.3) is 0 Å². The van der Waals surface area contributed by atoms with Crippen molar-refractivity contribution in [2.24, 2.45) is 11.8 Å². The van der Waals surface area contributed by atoms with Crippen LogP contribution < -0.4 is 0 Å². The van der Waals surface area contributed by atoms with E-state index in [2.05, 4.69) is 31.1 Å². The number of aromatic nitrogens is 3. The monoisotopic (exact) mass is 237 g/mol. The van der Waals surface area contributed by atoms with Gasteiger partial charge in [0.15, 0.2) is 0 Å². The lowest BCUT2D eigenvalue weighted by Gasteiger charge is -2.38. The molecular weight excluding hydrogens is 214 g/mol. The zero-order valence-electron chi connectivity index (χ0n) is 11.1. The summed E-state index contributed by atoms with van der Waals surface area (Å²) in [6.07, 6.45) is 5.61. The lowest BCUT2D eigenvalue weighted by Crippen LogP contribution is -2.37. The summed E-state index contributed by atoms with van der Waals surface area (Å²) in [5.41, 5.74) is 0.174. The first-order valence-electron chi connectivity index (χ1n) is 6.66.